The van der Waals surface area contributed by atoms with Crippen LogP contribution in [0.3, 0.4) is 0 Å². The van der Waals surface area contributed by atoms with E-state index in [9.17, 15) is 9.18 Å². The summed E-state index contributed by atoms with van der Waals surface area (Å²) in [5.41, 5.74) is 2.89. The standard InChI is InChI=1S/C37H48FN7O3/c1-6-44(24(2)3)36(46)28-17-25(38)7-10-31(28)48-33-20-39-23-41-35(33)43-21-37(22-43)18-27(19-37)47-32-11-14-40-29-13-16-45-26(12-15-42(4)5)8-9-30(45)34(29)32/h7,10-11,14,17,20,23-24,26-27,30H,6,8-9,12-13,15-16,18-19,21-22H2,1-5H3/t26?,30-/m1/s1. The quantitative estimate of drug-likeness (QED) is 0.257. The Balaban J connectivity index is 0.999. The molecule has 2 atom stereocenters. The van der Waals surface area contributed by atoms with Gasteiger partial charge in [-0.25, -0.2) is 14.4 Å². The van der Waals surface area contributed by atoms with Gasteiger partial charge in [0.2, 0.25) is 0 Å². The lowest BCUT2D eigenvalue weighted by Gasteiger charge is -2.59. The molecule has 10 nitrogen and oxygen atoms in total. The van der Waals surface area contributed by atoms with Crippen molar-refractivity contribution in [1.82, 2.24) is 29.7 Å². The summed E-state index contributed by atoms with van der Waals surface area (Å²) >= 11 is 0. The predicted octanol–water partition coefficient (Wildman–Crippen LogP) is 5.73. The zero-order valence-electron chi connectivity index (χ0n) is 28.9. The van der Waals surface area contributed by atoms with Crippen molar-refractivity contribution in [2.75, 3.05) is 51.7 Å². The molecule has 1 aliphatic carbocycles. The Morgan fingerprint density at radius 1 is 1.10 bits per heavy atom. The molecule has 48 heavy (non-hydrogen) atoms. The molecule has 3 aromatic rings. The zero-order valence-corrected chi connectivity index (χ0v) is 28.9. The highest BCUT2D eigenvalue weighted by molar-refractivity contribution is 5.97. The zero-order chi connectivity index (χ0) is 33.6. The van der Waals surface area contributed by atoms with E-state index < -0.39 is 5.82 Å². The fourth-order valence-corrected chi connectivity index (χ4v) is 8.43. The summed E-state index contributed by atoms with van der Waals surface area (Å²) in [6.07, 6.45) is 11.8. The van der Waals surface area contributed by atoms with Gasteiger partial charge in [-0.2, -0.15) is 0 Å². The van der Waals surface area contributed by atoms with Gasteiger partial charge < -0.3 is 24.2 Å². The highest BCUT2D eigenvalue weighted by Crippen LogP contribution is 2.53. The summed E-state index contributed by atoms with van der Waals surface area (Å²) in [6, 6.07) is 7.13. The van der Waals surface area contributed by atoms with Gasteiger partial charge >= 0.3 is 0 Å². The summed E-state index contributed by atoms with van der Waals surface area (Å²) in [5.74, 6) is 1.67. The summed E-state index contributed by atoms with van der Waals surface area (Å²) in [5, 5.41) is 0. The van der Waals surface area contributed by atoms with Crippen LogP contribution in [-0.2, 0) is 6.42 Å². The van der Waals surface area contributed by atoms with E-state index in [1.54, 1.807) is 11.1 Å². The van der Waals surface area contributed by atoms with Gasteiger partial charge in [0, 0.05) is 67.9 Å². The first-order valence-corrected chi connectivity index (χ1v) is 17.5. The van der Waals surface area contributed by atoms with Gasteiger partial charge in [0.15, 0.2) is 11.6 Å². The number of carbonyl (C=O) groups excluding carboxylic acids is 1. The van der Waals surface area contributed by atoms with E-state index in [0.717, 1.165) is 51.2 Å². The molecule has 2 aromatic heterocycles. The topological polar surface area (TPSA) is 87.2 Å². The number of amides is 1. The van der Waals surface area contributed by atoms with Gasteiger partial charge in [0.05, 0.1) is 17.5 Å². The van der Waals surface area contributed by atoms with Crippen LogP contribution in [-0.4, -0.2) is 101 Å². The number of halogens is 1. The second kappa shape index (κ2) is 13.2. The van der Waals surface area contributed by atoms with Gasteiger partial charge in [-0.1, -0.05) is 0 Å². The fraction of sp³-hybridized carbons (Fsp3) is 0.568. The smallest absolute Gasteiger partial charge is 0.257 e. The van der Waals surface area contributed by atoms with Crippen LogP contribution in [0.25, 0.3) is 0 Å². The molecular formula is C37H48FN7O3. The normalized spacial score (nSPS) is 21.5. The van der Waals surface area contributed by atoms with E-state index in [4.69, 9.17) is 14.5 Å². The van der Waals surface area contributed by atoms with Crippen LogP contribution in [0.1, 0.15) is 80.5 Å². The molecule has 0 bridgehead atoms. The Morgan fingerprint density at radius 3 is 2.67 bits per heavy atom. The summed E-state index contributed by atoms with van der Waals surface area (Å²) < 4.78 is 27.3. The Kier molecular flexibility index (Phi) is 9.02. The number of aromatic nitrogens is 3. The second-order valence-electron chi connectivity index (χ2n) is 14.6. The minimum atomic E-state index is -0.487. The molecule has 1 saturated carbocycles. The van der Waals surface area contributed by atoms with E-state index in [1.807, 2.05) is 27.0 Å². The molecule has 256 valence electrons. The number of carbonyl (C=O) groups is 1. The third kappa shape index (κ3) is 6.22. The Bertz CT molecular complexity index is 1640. The molecule has 5 heterocycles. The molecule has 11 heteroatoms. The average molecular weight is 658 g/mol. The van der Waals surface area contributed by atoms with Crippen molar-refractivity contribution in [3.05, 3.63) is 65.6 Å². The van der Waals surface area contributed by atoms with Gasteiger partial charge in [0.25, 0.3) is 5.91 Å². The lowest BCUT2D eigenvalue weighted by molar-refractivity contribution is -0.0356. The number of benzene rings is 1. The molecule has 3 fully saturated rings. The molecule has 0 radical (unpaired) electrons. The molecule has 0 N–H and O–H groups in total. The highest BCUT2D eigenvalue weighted by Gasteiger charge is 2.54. The molecule has 7 rings (SSSR count). The number of anilines is 1. The van der Waals surface area contributed by atoms with Crippen molar-refractivity contribution in [3.63, 3.8) is 0 Å². The van der Waals surface area contributed by atoms with Crippen molar-refractivity contribution < 1.29 is 18.7 Å². The lowest BCUT2D eigenvalue weighted by Crippen LogP contribution is -2.65. The Hall–Kier alpha value is -3.83. The van der Waals surface area contributed by atoms with Crippen LogP contribution in [0.5, 0.6) is 17.2 Å². The summed E-state index contributed by atoms with van der Waals surface area (Å²) in [7, 11) is 4.31. The number of ether oxygens (including phenoxy) is 2. The van der Waals surface area contributed by atoms with Crippen molar-refractivity contribution >= 4 is 11.7 Å². The van der Waals surface area contributed by atoms with Crippen LogP contribution >= 0.6 is 0 Å². The lowest BCUT2D eigenvalue weighted by atomic mass is 9.61. The maximum absolute atomic E-state index is 14.3. The van der Waals surface area contributed by atoms with Crippen molar-refractivity contribution in [2.45, 2.75) is 83.5 Å². The van der Waals surface area contributed by atoms with E-state index in [0.29, 0.717) is 30.2 Å². The van der Waals surface area contributed by atoms with Gasteiger partial charge in [-0.15, -0.1) is 0 Å². The molecular weight excluding hydrogens is 609 g/mol. The van der Waals surface area contributed by atoms with Crippen LogP contribution in [0, 0.1) is 11.2 Å². The monoisotopic (exact) mass is 657 g/mol. The van der Waals surface area contributed by atoms with Crippen LogP contribution in [0.2, 0.25) is 0 Å². The largest absolute Gasteiger partial charge is 0.490 e. The molecule has 3 aliphatic heterocycles. The molecule has 1 spiro atoms. The maximum Gasteiger partial charge on any atom is 0.257 e. The van der Waals surface area contributed by atoms with Gasteiger partial charge in [-0.05, 0) is 97.8 Å². The van der Waals surface area contributed by atoms with Crippen molar-refractivity contribution in [2.24, 2.45) is 5.41 Å². The van der Waals surface area contributed by atoms with Gasteiger partial charge in [-0.3, -0.25) is 14.7 Å². The minimum Gasteiger partial charge on any atom is -0.490 e. The number of rotatable bonds is 11. The summed E-state index contributed by atoms with van der Waals surface area (Å²) in [6.45, 7) is 10.2. The first kappa shape index (κ1) is 32.7. The average Bonchev–Trinajstić information content (AvgIpc) is 3.45. The van der Waals surface area contributed by atoms with E-state index in [1.165, 1.54) is 55.0 Å². The highest BCUT2D eigenvalue weighted by atomic mass is 19.1. The molecule has 1 unspecified atom stereocenters. The van der Waals surface area contributed by atoms with Crippen LogP contribution < -0.4 is 14.4 Å². The van der Waals surface area contributed by atoms with Crippen LogP contribution in [0.4, 0.5) is 10.2 Å². The van der Waals surface area contributed by atoms with Gasteiger partial charge in [0.1, 0.15) is 29.7 Å². The fourth-order valence-electron chi connectivity index (χ4n) is 8.43. The second-order valence-corrected chi connectivity index (χ2v) is 14.6. The number of hydrogen-bond donors (Lipinski definition) is 0. The minimum absolute atomic E-state index is 0.0337. The van der Waals surface area contributed by atoms with E-state index in [-0.39, 0.29) is 34.8 Å². The molecule has 2 saturated heterocycles. The van der Waals surface area contributed by atoms with E-state index >= 15 is 0 Å². The molecule has 1 amide bonds. The first-order chi connectivity index (χ1) is 23.1. The van der Waals surface area contributed by atoms with Crippen LogP contribution in [0.15, 0.2) is 43.0 Å². The number of nitrogens with zero attached hydrogens (tertiary/aromatic N) is 7. The maximum atomic E-state index is 14.3. The third-order valence-electron chi connectivity index (χ3n) is 10.8. The molecule has 1 aromatic carbocycles. The summed E-state index contributed by atoms with van der Waals surface area (Å²) in [4.78, 5) is 35.8. The SMILES string of the molecule is CCN(C(=O)c1cc(F)ccc1Oc1cncnc1N1CC2(CC(Oc3ccnc4c3[C@H]3CCC(CCN(C)C)N3CC4)C2)C1)C(C)C. The third-order valence-corrected chi connectivity index (χ3v) is 10.8. The Morgan fingerprint density at radius 2 is 1.92 bits per heavy atom. The molecule has 4 aliphatic rings. The van der Waals surface area contributed by atoms with Crippen molar-refractivity contribution in [3.8, 4) is 17.2 Å². The number of pyridine rings is 1. The first-order valence-electron chi connectivity index (χ1n) is 17.5. The van der Waals surface area contributed by atoms with Crippen molar-refractivity contribution in [1.29, 1.82) is 0 Å². The predicted molar refractivity (Wildman–Crippen MR) is 182 cm³/mol. The van der Waals surface area contributed by atoms with E-state index in [2.05, 4.69) is 44.8 Å². The Labute approximate surface area is 283 Å². The number of hydrogen-bond acceptors (Lipinski definition) is 9. The number of fused-ring (bicyclic) bond motifs is 3.